The van der Waals surface area contributed by atoms with E-state index >= 15 is 0 Å². The van der Waals surface area contributed by atoms with Gasteiger partial charge in [-0.3, -0.25) is 4.99 Å². The van der Waals surface area contributed by atoms with Gasteiger partial charge in [-0.05, 0) is 41.3 Å². The van der Waals surface area contributed by atoms with E-state index in [1.165, 1.54) is 11.1 Å². The molecule has 0 amide bonds. The molecule has 2 aliphatic rings. The number of nitrogens with zero attached hydrogens (tertiary/aromatic N) is 1. The molecule has 3 rings (SSSR count). The predicted octanol–water partition coefficient (Wildman–Crippen LogP) is 4.66. The first-order valence-corrected chi connectivity index (χ1v) is 6.31. The quantitative estimate of drug-likeness (QED) is 0.680. The molecule has 17 heavy (non-hydrogen) atoms. The van der Waals surface area contributed by atoms with Crippen LogP contribution in [0.4, 0.5) is 5.69 Å². The lowest BCUT2D eigenvalue weighted by molar-refractivity contribution is 0.789. The minimum absolute atomic E-state index is 0.297. The molecule has 0 bridgehead atoms. The van der Waals surface area contributed by atoms with Gasteiger partial charge in [0.1, 0.15) is 0 Å². The van der Waals surface area contributed by atoms with Crippen LogP contribution in [0.25, 0.3) is 0 Å². The van der Waals surface area contributed by atoms with Gasteiger partial charge in [0.2, 0.25) is 0 Å². The lowest BCUT2D eigenvalue weighted by Crippen LogP contribution is -2.09. The highest BCUT2D eigenvalue weighted by Gasteiger charge is 2.26. The lowest BCUT2D eigenvalue weighted by atomic mass is 9.87. The molecule has 1 aromatic rings. The summed E-state index contributed by atoms with van der Waals surface area (Å²) >= 11 is 6.04. The second-order valence-corrected chi connectivity index (χ2v) is 5.31. The first-order valence-electron chi connectivity index (χ1n) is 5.93. The molecule has 1 aliphatic heterocycles. The zero-order valence-corrected chi connectivity index (χ0v) is 10.7. The van der Waals surface area contributed by atoms with Crippen molar-refractivity contribution in [1.82, 2.24) is 0 Å². The molecule has 0 fully saturated rings. The van der Waals surface area contributed by atoms with Crippen molar-refractivity contribution >= 4 is 23.0 Å². The number of benzene rings is 1. The van der Waals surface area contributed by atoms with Crippen LogP contribution in [-0.4, -0.2) is 5.71 Å². The van der Waals surface area contributed by atoms with Crippen molar-refractivity contribution in [2.45, 2.75) is 19.8 Å². The number of halogens is 1. The molecule has 1 nitrogen and oxygen atoms in total. The van der Waals surface area contributed by atoms with Gasteiger partial charge < -0.3 is 0 Å². The number of rotatable bonds is 1. The molecule has 1 aliphatic carbocycles. The topological polar surface area (TPSA) is 12.4 Å². The van der Waals surface area contributed by atoms with Crippen molar-refractivity contribution in [3.63, 3.8) is 0 Å². The highest BCUT2D eigenvalue weighted by Crippen LogP contribution is 2.40. The zero-order valence-electron chi connectivity index (χ0n) is 9.94. The Balaban J connectivity index is 2.05. The number of hydrogen-bond donors (Lipinski definition) is 0. The molecular formula is C15H14ClN. The van der Waals surface area contributed by atoms with Crippen molar-refractivity contribution < 1.29 is 0 Å². The van der Waals surface area contributed by atoms with Crippen LogP contribution < -0.4 is 0 Å². The first-order chi connectivity index (χ1) is 8.15. The molecular weight excluding hydrogens is 230 g/mol. The van der Waals surface area contributed by atoms with Crippen LogP contribution in [-0.2, 0) is 0 Å². The van der Waals surface area contributed by atoms with Gasteiger partial charge in [-0.2, -0.15) is 0 Å². The van der Waals surface area contributed by atoms with Gasteiger partial charge in [0.15, 0.2) is 0 Å². The zero-order chi connectivity index (χ0) is 12.0. The normalized spacial score (nSPS) is 21.1. The highest BCUT2D eigenvalue weighted by atomic mass is 35.5. The van der Waals surface area contributed by atoms with Crippen molar-refractivity contribution in [3.8, 4) is 0 Å². The van der Waals surface area contributed by atoms with Crippen LogP contribution in [0.3, 0.4) is 0 Å². The maximum Gasteiger partial charge on any atom is 0.0676 e. The second-order valence-electron chi connectivity index (χ2n) is 4.88. The molecule has 0 N–H and O–H groups in total. The van der Waals surface area contributed by atoms with Crippen LogP contribution in [0.1, 0.15) is 25.3 Å². The van der Waals surface area contributed by atoms with Crippen LogP contribution in [0, 0.1) is 5.92 Å². The third kappa shape index (κ3) is 1.75. The van der Waals surface area contributed by atoms with E-state index in [1.54, 1.807) is 0 Å². The Bertz CT molecular complexity index is 564. The van der Waals surface area contributed by atoms with Gasteiger partial charge in [0, 0.05) is 10.9 Å². The average Bonchev–Trinajstić information content (AvgIpc) is 2.66. The van der Waals surface area contributed by atoms with Gasteiger partial charge in [-0.1, -0.05) is 37.6 Å². The van der Waals surface area contributed by atoms with Crippen LogP contribution in [0.2, 0.25) is 5.02 Å². The third-order valence-corrected chi connectivity index (χ3v) is 3.59. The van der Waals surface area contributed by atoms with E-state index in [-0.39, 0.29) is 0 Å². The standard InChI is InChI=1S/C15H14ClN/c1-9(2)10-3-5-12-13-8-11(16)4-6-14(13)17-15(12)7-10/h3-9,12H,1-2H3. The van der Waals surface area contributed by atoms with E-state index in [2.05, 4.69) is 37.1 Å². The summed E-state index contributed by atoms with van der Waals surface area (Å²) in [5.74, 6) is 0.841. The second kappa shape index (κ2) is 3.85. The summed E-state index contributed by atoms with van der Waals surface area (Å²) in [7, 11) is 0. The van der Waals surface area contributed by atoms with E-state index in [9.17, 15) is 0 Å². The maximum absolute atomic E-state index is 6.04. The molecule has 2 heteroatoms. The fourth-order valence-electron chi connectivity index (χ4n) is 2.35. The number of allylic oxidation sites excluding steroid dienone is 4. The van der Waals surface area contributed by atoms with Crippen LogP contribution >= 0.6 is 11.6 Å². The molecule has 1 unspecified atom stereocenters. The van der Waals surface area contributed by atoms with Crippen molar-refractivity contribution in [2.24, 2.45) is 10.9 Å². The van der Waals surface area contributed by atoms with Crippen molar-refractivity contribution in [2.75, 3.05) is 0 Å². The summed E-state index contributed by atoms with van der Waals surface area (Å²) in [5, 5.41) is 0.784. The number of fused-ring (bicyclic) bond motifs is 3. The Labute approximate surface area is 107 Å². The van der Waals surface area contributed by atoms with E-state index in [1.807, 2.05) is 18.2 Å². The molecule has 86 valence electrons. The largest absolute Gasteiger partial charge is 0.252 e. The SMILES string of the molecule is CC(C)C1=CC2=Nc3ccc(Cl)cc3C2C=C1. The summed E-state index contributed by atoms with van der Waals surface area (Å²) < 4.78 is 0. The van der Waals surface area contributed by atoms with E-state index in [0.29, 0.717) is 11.8 Å². The molecule has 0 spiro atoms. The summed E-state index contributed by atoms with van der Waals surface area (Å²) in [6, 6.07) is 5.93. The van der Waals surface area contributed by atoms with E-state index in [4.69, 9.17) is 11.6 Å². The summed E-state index contributed by atoms with van der Waals surface area (Å²) in [5.41, 5.74) is 4.77. The molecule has 1 aromatic carbocycles. The molecule has 1 atom stereocenters. The fraction of sp³-hybridized carbons (Fsp3) is 0.267. The Morgan fingerprint density at radius 2 is 2.12 bits per heavy atom. The third-order valence-electron chi connectivity index (χ3n) is 3.36. The highest BCUT2D eigenvalue weighted by molar-refractivity contribution is 6.30. The summed E-state index contributed by atoms with van der Waals surface area (Å²) in [6.07, 6.45) is 6.66. The van der Waals surface area contributed by atoms with Crippen LogP contribution in [0.5, 0.6) is 0 Å². The summed E-state index contributed by atoms with van der Waals surface area (Å²) in [6.45, 7) is 4.41. The van der Waals surface area contributed by atoms with Gasteiger partial charge in [0.05, 0.1) is 11.4 Å². The molecule has 0 saturated carbocycles. The van der Waals surface area contributed by atoms with Gasteiger partial charge in [-0.25, -0.2) is 0 Å². The van der Waals surface area contributed by atoms with Gasteiger partial charge in [0.25, 0.3) is 0 Å². The minimum atomic E-state index is 0.297. The average molecular weight is 244 g/mol. The number of aliphatic imine (C=N–C) groups is 1. The van der Waals surface area contributed by atoms with Crippen LogP contribution in [0.15, 0.2) is 47.0 Å². The fourth-order valence-corrected chi connectivity index (χ4v) is 2.53. The van der Waals surface area contributed by atoms with Gasteiger partial charge >= 0.3 is 0 Å². The Hall–Kier alpha value is -1.34. The maximum atomic E-state index is 6.04. The van der Waals surface area contributed by atoms with Crippen molar-refractivity contribution in [1.29, 1.82) is 0 Å². The monoisotopic (exact) mass is 243 g/mol. The molecule has 1 heterocycles. The first kappa shape index (κ1) is 10.8. The Morgan fingerprint density at radius 3 is 2.88 bits per heavy atom. The summed E-state index contributed by atoms with van der Waals surface area (Å²) in [4.78, 5) is 4.68. The molecule has 0 saturated heterocycles. The predicted molar refractivity (Wildman–Crippen MR) is 73.3 cm³/mol. The van der Waals surface area contributed by atoms with Gasteiger partial charge in [-0.15, -0.1) is 0 Å². The molecule has 0 aromatic heterocycles. The van der Waals surface area contributed by atoms with E-state index < -0.39 is 0 Å². The minimum Gasteiger partial charge on any atom is -0.252 e. The Kier molecular flexibility index (Phi) is 2.44. The molecule has 0 radical (unpaired) electrons. The van der Waals surface area contributed by atoms with E-state index in [0.717, 1.165) is 16.4 Å². The Morgan fingerprint density at radius 1 is 1.29 bits per heavy atom. The smallest absolute Gasteiger partial charge is 0.0676 e. The lowest BCUT2D eigenvalue weighted by Gasteiger charge is -2.16. The number of hydrogen-bond acceptors (Lipinski definition) is 1. The van der Waals surface area contributed by atoms with Crippen molar-refractivity contribution in [3.05, 3.63) is 52.6 Å².